The van der Waals surface area contributed by atoms with Crippen molar-refractivity contribution >= 4 is 40.6 Å². The highest BCUT2D eigenvalue weighted by Crippen LogP contribution is 2.28. The Hall–Kier alpha value is -2.98. The van der Waals surface area contributed by atoms with Gasteiger partial charge in [0.1, 0.15) is 0 Å². The molecular weight excluding hydrogens is 563 g/mol. The van der Waals surface area contributed by atoms with Gasteiger partial charge in [-0.1, -0.05) is 65.7 Å². The lowest BCUT2D eigenvalue weighted by molar-refractivity contribution is -0.117. The van der Waals surface area contributed by atoms with Crippen molar-refractivity contribution in [3.05, 3.63) is 87.9 Å². The molecule has 1 atom stereocenters. The van der Waals surface area contributed by atoms with Crippen LogP contribution in [0.5, 0.6) is 0 Å². The highest BCUT2D eigenvalue weighted by molar-refractivity contribution is 6.42. The standard InChI is InChI=1S/C31H36Cl2N4O4/c1-40-15-14-37(24-10-11-28(32)29(33)18-24)20-25(38)19-35-30(21-36-12-16-41-17-13-36)23-8-6-22(7-9-23)26-4-2-3-5-27(26)31(34)39/h2-11,18,30,35H,12-17,19-21H2,1H3,(H2,34,39). The Labute approximate surface area is 251 Å². The number of carbonyl (C=O) groups is 2. The maximum Gasteiger partial charge on any atom is 0.249 e. The molecule has 1 saturated heterocycles. The van der Waals surface area contributed by atoms with Gasteiger partial charge in [0.2, 0.25) is 5.91 Å². The summed E-state index contributed by atoms with van der Waals surface area (Å²) in [6, 6.07) is 20.6. The van der Waals surface area contributed by atoms with Crippen molar-refractivity contribution in [3.8, 4) is 11.1 Å². The highest BCUT2D eigenvalue weighted by Gasteiger charge is 2.21. The molecule has 0 bridgehead atoms. The van der Waals surface area contributed by atoms with E-state index in [0.717, 1.165) is 42.0 Å². The number of hydrogen-bond acceptors (Lipinski definition) is 7. The molecule has 0 spiro atoms. The summed E-state index contributed by atoms with van der Waals surface area (Å²) in [5.41, 5.74) is 9.62. The fourth-order valence-corrected chi connectivity index (χ4v) is 5.16. The molecular formula is C31H36Cl2N4O4. The fraction of sp³-hybridized carbons (Fsp3) is 0.355. The zero-order valence-electron chi connectivity index (χ0n) is 23.2. The third-order valence-electron chi connectivity index (χ3n) is 7.11. The van der Waals surface area contributed by atoms with Crippen LogP contribution in [0.2, 0.25) is 10.0 Å². The molecule has 4 rings (SSSR count). The third-order valence-corrected chi connectivity index (χ3v) is 7.85. The summed E-state index contributed by atoms with van der Waals surface area (Å²) in [5.74, 6) is -0.429. The number of carbonyl (C=O) groups excluding carboxylic acids is 2. The molecule has 0 aliphatic carbocycles. The Balaban J connectivity index is 1.48. The Bertz CT molecular complexity index is 1320. The molecule has 41 heavy (non-hydrogen) atoms. The van der Waals surface area contributed by atoms with Gasteiger partial charge in [-0.3, -0.25) is 14.5 Å². The van der Waals surface area contributed by atoms with E-state index in [1.54, 1.807) is 31.4 Å². The lowest BCUT2D eigenvalue weighted by Gasteiger charge is -2.31. The first-order chi connectivity index (χ1) is 19.9. The number of halogens is 2. The lowest BCUT2D eigenvalue weighted by atomic mass is 9.96. The van der Waals surface area contributed by atoms with Crippen molar-refractivity contribution < 1.29 is 19.1 Å². The second kappa shape index (κ2) is 15.3. The maximum absolute atomic E-state index is 13.2. The van der Waals surface area contributed by atoms with Crippen LogP contribution in [0.1, 0.15) is 22.0 Å². The van der Waals surface area contributed by atoms with Gasteiger partial charge in [0.05, 0.1) is 43.0 Å². The van der Waals surface area contributed by atoms with Gasteiger partial charge in [0.15, 0.2) is 5.78 Å². The quantitative estimate of drug-likeness (QED) is 0.283. The van der Waals surface area contributed by atoms with Crippen molar-refractivity contribution in [2.24, 2.45) is 5.73 Å². The van der Waals surface area contributed by atoms with Gasteiger partial charge in [0, 0.05) is 50.6 Å². The Morgan fingerprint density at radius 2 is 1.78 bits per heavy atom. The Morgan fingerprint density at radius 1 is 1.05 bits per heavy atom. The molecule has 10 heteroatoms. The molecule has 1 amide bonds. The number of Topliss-reactive ketones (excluding diaryl/α,β-unsaturated/α-hetero) is 1. The van der Waals surface area contributed by atoms with Gasteiger partial charge in [-0.05, 0) is 41.0 Å². The number of anilines is 1. The second-order valence-electron chi connectivity index (χ2n) is 9.93. The predicted molar refractivity (Wildman–Crippen MR) is 164 cm³/mol. The molecule has 0 radical (unpaired) electrons. The summed E-state index contributed by atoms with van der Waals surface area (Å²) in [5, 5.41) is 4.39. The number of primary amides is 1. The van der Waals surface area contributed by atoms with Gasteiger partial charge in [0.25, 0.3) is 0 Å². The normalized spacial score (nSPS) is 14.5. The number of nitrogens with zero attached hydrogens (tertiary/aromatic N) is 2. The number of rotatable bonds is 14. The first kappa shape index (κ1) is 31.0. The first-order valence-electron chi connectivity index (χ1n) is 13.6. The van der Waals surface area contributed by atoms with E-state index in [0.29, 0.717) is 42.0 Å². The molecule has 1 unspecified atom stereocenters. The van der Waals surface area contributed by atoms with Crippen LogP contribution in [0.4, 0.5) is 5.69 Å². The molecule has 1 aliphatic rings. The number of ketones is 1. The van der Waals surface area contributed by atoms with Crippen LogP contribution in [0.15, 0.2) is 66.7 Å². The third kappa shape index (κ3) is 8.75. The van der Waals surface area contributed by atoms with Gasteiger partial charge in [-0.25, -0.2) is 0 Å². The van der Waals surface area contributed by atoms with Crippen LogP contribution in [0, 0.1) is 0 Å². The van der Waals surface area contributed by atoms with E-state index in [9.17, 15) is 9.59 Å². The minimum absolute atomic E-state index is 0.0335. The zero-order valence-corrected chi connectivity index (χ0v) is 24.7. The van der Waals surface area contributed by atoms with E-state index in [-0.39, 0.29) is 24.9 Å². The van der Waals surface area contributed by atoms with Gasteiger partial charge < -0.3 is 25.4 Å². The second-order valence-corrected chi connectivity index (χ2v) is 10.7. The number of morpholine rings is 1. The number of nitrogens with one attached hydrogen (secondary N) is 1. The van der Waals surface area contributed by atoms with Crippen molar-refractivity contribution in [1.82, 2.24) is 10.2 Å². The smallest absolute Gasteiger partial charge is 0.249 e. The highest BCUT2D eigenvalue weighted by atomic mass is 35.5. The van der Waals surface area contributed by atoms with Crippen LogP contribution < -0.4 is 16.0 Å². The minimum Gasteiger partial charge on any atom is -0.383 e. The molecule has 0 saturated carbocycles. The summed E-state index contributed by atoms with van der Waals surface area (Å²) >= 11 is 12.3. The van der Waals surface area contributed by atoms with Crippen molar-refractivity contribution in [2.75, 3.05) is 71.1 Å². The molecule has 3 aromatic carbocycles. The molecule has 0 aromatic heterocycles. The van der Waals surface area contributed by atoms with Crippen LogP contribution in [0.3, 0.4) is 0 Å². The minimum atomic E-state index is -0.463. The van der Waals surface area contributed by atoms with Gasteiger partial charge in [-0.2, -0.15) is 0 Å². The average Bonchev–Trinajstić information content (AvgIpc) is 2.99. The first-order valence-corrected chi connectivity index (χ1v) is 14.3. The van der Waals surface area contributed by atoms with Gasteiger partial charge in [-0.15, -0.1) is 0 Å². The largest absolute Gasteiger partial charge is 0.383 e. The summed E-state index contributed by atoms with van der Waals surface area (Å²) in [4.78, 5) is 29.4. The maximum atomic E-state index is 13.2. The van der Waals surface area contributed by atoms with Crippen LogP contribution in [-0.2, 0) is 14.3 Å². The predicted octanol–water partition coefficient (Wildman–Crippen LogP) is 4.44. The van der Waals surface area contributed by atoms with Crippen LogP contribution in [0.25, 0.3) is 11.1 Å². The number of hydrogen-bond donors (Lipinski definition) is 2. The Morgan fingerprint density at radius 3 is 2.46 bits per heavy atom. The summed E-state index contributed by atoms with van der Waals surface area (Å²) in [6.45, 7) is 5.15. The van der Waals surface area contributed by atoms with E-state index in [4.69, 9.17) is 38.4 Å². The summed E-state index contributed by atoms with van der Waals surface area (Å²) < 4.78 is 10.8. The molecule has 1 heterocycles. The Kier molecular flexibility index (Phi) is 11.6. The van der Waals surface area contributed by atoms with E-state index in [1.807, 2.05) is 47.4 Å². The van der Waals surface area contributed by atoms with E-state index in [1.165, 1.54) is 0 Å². The van der Waals surface area contributed by atoms with E-state index < -0.39 is 5.91 Å². The molecule has 1 aliphatic heterocycles. The summed E-state index contributed by atoms with van der Waals surface area (Å²) in [6.07, 6.45) is 0. The molecule has 8 nitrogen and oxygen atoms in total. The summed E-state index contributed by atoms with van der Waals surface area (Å²) in [7, 11) is 1.63. The van der Waals surface area contributed by atoms with Crippen LogP contribution >= 0.6 is 23.2 Å². The number of nitrogens with two attached hydrogens (primary N) is 1. The number of ether oxygens (including phenoxy) is 2. The molecule has 3 N–H and O–H groups in total. The molecule has 1 fully saturated rings. The number of benzene rings is 3. The molecule has 218 valence electrons. The average molecular weight is 600 g/mol. The lowest BCUT2D eigenvalue weighted by Crippen LogP contribution is -2.44. The van der Waals surface area contributed by atoms with Gasteiger partial charge >= 0.3 is 0 Å². The number of methoxy groups -OCH3 is 1. The van der Waals surface area contributed by atoms with Crippen molar-refractivity contribution in [1.29, 1.82) is 0 Å². The van der Waals surface area contributed by atoms with Crippen LogP contribution in [-0.4, -0.2) is 82.8 Å². The van der Waals surface area contributed by atoms with E-state index in [2.05, 4.69) is 10.2 Å². The zero-order chi connectivity index (χ0) is 29.2. The monoisotopic (exact) mass is 598 g/mol. The molecule has 3 aromatic rings. The topological polar surface area (TPSA) is 97.1 Å². The SMILES string of the molecule is COCCN(CC(=O)CNC(CN1CCOCC1)c1ccc(-c2ccccc2C(N)=O)cc1)c1ccc(Cl)c(Cl)c1. The van der Waals surface area contributed by atoms with E-state index >= 15 is 0 Å². The number of amides is 1. The fourth-order valence-electron chi connectivity index (χ4n) is 4.86. The van der Waals surface area contributed by atoms with Crippen molar-refractivity contribution in [3.63, 3.8) is 0 Å². The van der Waals surface area contributed by atoms with Crippen molar-refractivity contribution in [2.45, 2.75) is 6.04 Å².